The van der Waals surface area contributed by atoms with Crippen LogP contribution in [0.3, 0.4) is 0 Å². The number of carbonyl (C=O) groups excluding carboxylic acids is 1. The monoisotopic (exact) mass is 353 g/mol. The van der Waals surface area contributed by atoms with Gasteiger partial charge in [0.1, 0.15) is 0 Å². The molecule has 4 nitrogen and oxygen atoms in total. The van der Waals surface area contributed by atoms with E-state index in [1.54, 1.807) is 0 Å². The highest BCUT2D eigenvalue weighted by Crippen LogP contribution is 2.43. The molecular formula is C22H27NO3. The molecule has 2 aromatic rings. The first-order valence-electron chi connectivity index (χ1n) is 9.03. The van der Waals surface area contributed by atoms with Crippen molar-refractivity contribution in [2.45, 2.75) is 44.7 Å². The van der Waals surface area contributed by atoms with Gasteiger partial charge in [0.2, 0.25) is 0 Å². The lowest BCUT2D eigenvalue weighted by Crippen LogP contribution is -2.63. The molecule has 0 saturated heterocycles. The molecule has 138 valence electrons. The molecule has 3 rings (SSSR count). The van der Waals surface area contributed by atoms with Crippen molar-refractivity contribution in [2.75, 3.05) is 13.7 Å². The van der Waals surface area contributed by atoms with Gasteiger partial charge in [0.15, 0.2) is 5.54 Å². The third-order valence-corrected chi connectivity index (χ3v) is 5.16. The summed E-state index contributed by atoms with van der Waals surface area (Å²) in [6.07, 6.45) is 1.59. The molecule has 0 fully saturated rings. The molecule has 2 aromatic carbocycles. The smallest absolute Gasteiger partial charge is 0.333 e. The maximum absolute atomic E-state index is 12.8. The number of carbonyl (C=O) groups is 1. The number of hydroxylamine groups is 2. The molecule has 0 spiro atoms. The Balaban J connectivity index is 1.91. The Labute approximate surface area is 155 Å². The third kappa shape index (κ3) is 3.27. The van der Waals surface area contributed by atoms with Crippen LogP contribution in [0, 0.1) is 0 Å². The first-order chi connectivity index (χ1) is 12.4. The quantitative estimate of drug-likeness (QED) is 0.765. The predicted molar refractivity (Wildman–Crippen MR) is 102 cm³/mol. The summed E-state index contributed by atoms with van der Waals surface area (Å²) in [5.41, 5.74) is 2.00. The maximum atomic E-state index is 12.8. The van der Waals surface area contributed by atoms with Gasteiger partial charge < -0.3 is 4.74 Å². The largest absolute Gasteiger partial charge is 0.467 e. The minimum Gasteiger partial charge on any atom is -0.467 e. The Hall–Kier alpha value is -2.17. The summed E-state index contributed by atoms with van der Waals surface area (Å²) in [6, 6.07) is 18.3. The van der Waals surface area contributed by atoms with Crippen LogP contribution in [0.4, 0.5) is 0 Å². The maximum Gasteiger partial charge on any atom is 0.333 e. The van der Waals surface area contributed by atoms with Gasteiger partial charge in [-0.15, -0.1) is 0 Å². The number of ether oxygens (including phenoxy) is 1. The second-order valence-corrected chi connectivity index (χ2v) is 7.57. The third-order valence-electron chi connectivity index (χ3n) is 5.16. The molecule has 1 aliphatic heterocycles. The van der Waals surface area contributed by atoms with Crippen LogP contribution in [0.2, 0.25) is 0 Å². The number of hydrogen-bond acceptors (Lipinski definition) is 4. The van der Waals surface area contributed by atoms with Crippen LogP contribution < -0.4 is 0 Å². The number of nitrogens with zero attached hydrogens (tertiary/aromatic N) is 1. The molecule has 1 heterocycles. The predicted octanol–water partition coefficient (Wildman–Crippen LogP) is 3.89. The van der Waals surface area contributed by atoms with E-state index in [0.29, 0.717) is 6.61 Å². The molecule has 0 saturated carbocycles. The number of rotatable bonds is 5. The van der Waals surface area contributed by atoms with Gasteiger partial charge in [0.05, 0.1) is 13.7 Å². The van der Waals surface area contributed by atoms with Gasteiger partial charge in [-0.2, -0.15) is 5.06 Å². The average molecular weight is 353 g/mol. The fraction of sp³-hybridized carbons (Fsp3) is 0.409. The van der Waals surface area contributed by atoms with Crippen LogP contribution >= 0.6 is 0 Å². The molecule has 0 aliphatic carbocycles. The van der Waals surface area contributed by atoms with E-state index in [4.69, 9.17) is 9.57 Å². The normalized spacial score (nSPS) is 21.8. The first kappa shape index (κ1) is 18.6. The van der Waals surface area contributed by atoms with E-state index >= 15 is 0 Å². The van der Waals surface area contributed by atoms with Gasteiger partial charge in [-0.1, -0.05) is 54.6 Å². The second kappa shape index (κ2) is 7.22. The molecular weight excluding hydrogens is 326 g/mol. The minimum atomic E-state index is -0.982. The van der Waals surface area contributed by atoms with E-state index in [1.165, 1.54) is 12.7 Å². The number of hydrogen-bond donors (Lipinski definition) is 0. The van der Waals surface area contributed by atoms with Crippen LogP contribution in [-0.4, -0.2) is 30.3 Å². The molecule has 0 amide bonds. The molecule has 1 atom stereocenters. The van der Waals surface area contributed by atoms with Crippen LogP contribution in [0.5, 0.6) is 0 Å². The summed E-state index contributed by atoms with van der Waals surface area (Å²) < 4.78 is 5.18. The number of benzene rings is 2. The van der Waals surface area contributed by atoms with Gasteiger partial charge in [-0.05, 0) is 50.3 Å². The van der Waals surface area contributed by atoms with Crippen LogP contribution in [0.1, 0.15) is 37.5 Å². The summed E-state index contributed by atoms with van der Waals surface area (Å²) in [6.45, 7) is 6.60. The minimum absolute atomic E-state index is 0.308. The van der Waals surface area contributed by atoms with E-state index < -0.39 is 5.54 Å². The molecule has 4 heteroatoms. The highest BCUT2D eigenvalue weighted by atomic mass is 16.7. The topological polar surface area (TPSA) is 38.8 Å². The molecule has 1 aliphatic rings. The molecule has 1 unspecified atom stereocenters. The van der Waals surface area contributed by atoms with Gasteiger partial charge in [-0.3, -0.25) is 4.84 Å². The van der Waals surface area contributed by atoms with Crippen LogP contribution in [0.15, 0.2) is 54.6 Å². The van der Waals surface area contributed by atoms with E-state index in [9.17, 15) is 4.79 Å². The second-order valence-electron chi connectivity index (χ2n) is 7.57. The highest BCUT2D eigenvalue weighted by molar-refractivity contribution is 5.83. The van der Waals surface area contributed by atoms with E-state index in [1.807, 2.05) is 48.4 Å². The van der Waals surface area contributed by atoms with Crippen molar-refractivity contribution in [3.05, 3.63) is 71.3 Å². The van der Waals surface area contributed by atoms with Gasteiger partial charge in [-0.25, -0.2) is 4.79 Å². The summed E-state index contributed by atoms with van der Waals surface area (Å²) in [7, 11) is 1.43. The average Bonchev–Trinajstić information content (AvgIpc) is 2.64. The van der Waals surface area contributed by atoms with Crippen molar-refractivity contribution in [1.82, 2.24) is 5.06 Å². The zero-order chi connectivity index (χ0) is 18.8. The number of methoxy groups -OCH3 is 1. The van der Waals surface area contributed by atoms with Crippen LogP contribution in [-0.2, 0) is 32.7 Å². The Kier molecular flexibility index (Phi) is 5.17. The Morgan fingerprint density at radius 3 is 2.38 bits per heavy atom. The fourth-order valence-corrected chi connectivity index (χ4v) is 4.00. The van der Waals surface area contributed by atoms with Crippen molar-refractivity contribution in [2.24, 2.45) is 0 Å². The van der Waals surface area contributed by atoms with Crippen molar-refractivity contribution in [1.29, 1.82) is 0 Å². The van der Waals surface area contributed by atoms with E-state index in [2.05, 4.69) is 32.0 Å². The van der Waals surface area contributed by atoms with Crippen molar-refractivity contribution >= 4 is 5.97 Å². The lowest BCUT2D eigenvalue weighted by molar-refractivity contribution is -0.278. The van der Waals surface area contributed by atoms with Gasteiger partial charge >= 0.3 is 5.97 Å². The fourth-order valence-electron chi connectivity index (χ4n) is 4.00. The highest BCUT2D eigenvalue weighted by Gasteiger charge is 2.54. The standard InChI is InChI=1S/C22H27NO3/c1-21(2)16-18-12-8-9-13-19(18)22(3,20(24)25-4)23(21)26-15-14-17-10-6-5-7-11-17/h5-13H,14-16H2,1-4H3. The molecule has 0 bridgehead atoms. The molecule has 0 radical (unpaired) electrons. The Morgan fingerprint density at radius 2 is 1.69 bits per heavy atom. The Morgan fingerprint density at radius 1 is 1.04 bits per heavy atom. The van der Waals surface area contributed by atoms with Gasteiger partial charge in [0.25, 0.3) is 0 Å². The van der Waals surface area contributed by atoms with Crippen molar-refractivity contribution < 1.29 is 14.4 Å². The summed E-state index contributed by atoms with van der Waals surface area (Å²) in [5.74, 6) is -0.308. The SMILES string of the molecule is COC(=O)C1(C)c2ccccc2CC(C)(C)N1OCCc1ccccc1. The van der Waals surface area contributed by atoms with Gasteiger partial charge in [0, 0.05) is 5.54 Å². The van der Waals surface area contributed by atoms with E-state index in [0.717, 1.165) is 24.0 Å². The summed E-state index contributed by atoms with van der Waals surface area (Å²) in [4.78, 5) is 19.1. The Bertz CT molecular complexity index is 772. The molecule has 0 aromatic heterocycles. The lowest BCUT2D eigenvalue weighted by Gasteiger charge is -2.51. The zero-order valence-electron chi connectivity index (χ0n) is 16.0. The first-order valence-corrected chi connectivity index (χ1v) is 9.03. The molecule has 0 N–H and O–H groups in total. The van der Waals surface area contributed by atoms with Crippen LogP contribution in [0.25, 0.3) is 0 Å². The molecule has 26 heavy (non-hydrogen) atoms. The van der Waals surface area contributed by atoms with Crippen molar-refractivity contribution in [3.63, 3.8) is 0 Å². The summed E-state index contributed by atoms with van der Waals surface area (Å²) >= 11 is 0. The summed E-state index contributed by atoms with van der Waals surface area (Å²) in [5, 5.41) is 1.84. The number of fused-ring (bicyclic) bond motifs is 1. The lowest BCUT2D eigenvalue weighted by atomic mass is 9.76. The zero-order valence-corrected chi connectivity index (χ0v) is 16.0. The number of esters is 1. The van der Waals surface area contributed by atoms with Crippen molar-refractivity contribution in [3.8, 4) is 0 Å². The van der Waals surface area contributed by atoms with E-state index in [-0.39, 0.29) is 11.5 Å².